The highest BCUT2D eigenvalue weighted by Crippen LogP contribution is 2.42. The minimum atomic E-state index is -2.84. The number of nitrogens with two attached hydrogens (primary N) is 2. The summed E-state index contributed by atoms with van der Waals surface area (Å²) < 4.78 is 24.2. The molecule has 0 atom stereocenters. The Labute approximate surface area is 156 Å². The van der Waals surface area contributed by atoms with Crippen LogP contribution in [0.15, 0.2) is 40.1 Å². The van der Waals surface area contributed by atoms with Crippen molar-refractivity contribution in [2.45, 2.75) is 9.79 Å². The van der Waals surface area contributed by atoms with Gasteiger partial charge < -0.3 is 5.73 Å². The number of hydrogen-bond acceptors (Lipinski definition) is 10. The van der Waals surface area contributed by atoms with Crippen LogP contribution in [0.2, 0.25) is 0 Å². The minimum Gasteiger partial charge on any atom is -0.375 e. The van der Waals surface area contributed by atoms with Gasteiger partial charge in [-0.3, -0.25) is 5.14 Å². The van der Waals surface area contributed by atoms with Crippen molar-refractivity contribution < 1.29 is 8.42 Å². The maximum absolute atomic E-state index is 11.6. The Morgan fingerprint density at radius 3 is 2.69 bits per heavy atom. The van der Waals surface area contributed by atoms with E-state index in [4.69, 9.17) is 10.9 Å². The summed E-state index contributed by atoms with van der Waals surface area (Å²) >= 11 is 2.20. The van der Waals surface area contributed by atoms with Crippen LogP contribution in [0.4, 0.5) is 5.13 Å². The van der Waals surface area contributed by atoms with Gasteiger partial charge in [-0.15, -0.1) is 5.10 Å². The molecule has 0 saturated carbocycles. The Balaban J connectivity index is 2.11. The molecule has 132 valence electrons. The molecule has 0 aliphatic carbocycles. The SMILES string of the molecule is NSc1c([SH](=O)=O)ccc(-c2cccc3sc(N)nc23)c1-c1nnn[nH]1. The van der Waals surface area contributed by atoms with Crippen LogP contribution >= 0.6 is 23.3 Å². The highest BCUT2D eigenvalue weighted by molar-refractivity contribution is 7.97. The normalized spacial score (nSPS) is 11.5. The van der Waals surface area contributed by atoms with Crippen LogP contribution in [0, 0.1) is 0 Å². The van der Waals surface area contributed by atoms with E-state index in [9.17, 15) is 8.42 Å². The Morgan fingerprint density at radius 1 is 1.15 bits per heavy atom. The number of hydrogen-bond donors (Lipinski definition) is 4. The molecular formula is C14H11N7O2S3. The van der Waals surface area contributed by atoms with Gasteiger partial charge in [0.2, 0.25) is 0 Å². The van der Waals surface area contributed by atoms with Crippen LogP contribution in [0.25, 0.3) is 32.7 Å². The van der Waals surface area contributed by atoms with E-state index in [2.05, 4.69) is 25.6 Å². The minimum absolute atomic E-state index is 0.104. The van der Waals surface area contributed by atoms with E-state index in [0.29, 0.717) is 27.0 Å². The molecule has 26 heavy (non-hydrogen) atoms. The highest BCUT2D eigenvalue weighted by atomic mass is 32.2. The van der Waals surface area contributed by atoms with Gasteiger partial charge in [0.1, 0.15) is 0 Å². The number of aromatic amines is 1. The van der Waals surface area contributed by atoms with Crippen molar-refractivity contribution in [2.24, 2.45) is 5.14 Å². The molecule has 0 unspecified atom stereocenters. The van der Waals surface area contributed by atoms with Crippen LogP contribution in [0.5, 0.6) is 0 Å². The highest BCUT2D eigenvalue weighted by Gasteiger charge is 2.22. The van der Waals surface area contributed by atoms with Gasteiger partial charge in [0.05, 0.1) is 20.0 Å². The van der Waals surface area contributed by atoms with Gasteiger partial charge in [0, 0.05) is 11.1 Å². The molecule has 2 aromatic heterocycles. The maximum Gasteiger partial charge on any atom is 0.181 e. The number of aromatic nitrogens is 5. The second-order valence-electron chi connectivity index (χ2n) is 5.17. The van der Waals surface area contributed by atoms with Crippen molar-refractivity contribution in [1.29, 1.82) is 0 Å². The van der Waals surface area contributed by atoms with Gasteiger partial charge in [-0.2, -0.15) is 0 Å². The van der Waals surface area contributed by atoms with E-state index >= 15 is 0 Å². The first kappa shape index (κ1) is 16.9. The maximum atomic E-state index is 11.6. The van der Waals surface area contributed by atoms with E-state index in [1.165, 1.54) is 17.4 Å². The molecule has 0 amide bonds. The first-order valence-electron chi connectivity index (χ1n) is 7.17. The quantitative estimate of drug-likeness (QED) is 0.293. The third-order valence-electron chi connectivity index (χ3n) is 3.76. The van der Waals surface area contributed by atoms with Crippen LogP contribution in [-0.4, -0.2) is 34.0 Å². The van der Waals surface area contributed by atoms with Crippen molar-refractivity contribution in [3.8, 4) is 22.5 Å². The number of nitrogens with one attached hydrogen (secondary N) is 1. The lowest BCUT2D eigenvalue weighted by molar-refractivity contribution is 0.613. The third kappa shape index (κ3) is 2.72. The predicted molar refractivity (Wildman–Crippen MR) is 101 cm³/mol. The van der Waals surface area contributed by atoms with E-state index in [1.807, 2.05) is 18.2 Å². The molecule has 2 aromatic carbocycles. The molecule has 0 radical (unpaired) electrons. The Hall–Kier alpha value is -2.54. The van der Waals surface area contributed by atoms with Gasteiger partial charge in [-0.05, 0) is 40.1 Å². The van der Waals surface area contributed by atoms with Gasteiger partial charge in [-0.1, -0.05) is 29.5 Å². The lowest BCUT2D eigenvalue weighted by Crippen LogP contribution is -1.98. The van der Waals surface area contributed by atoms with Crippen LogP contribution in [-0.2, 0) is 10.7 Å². The lowest BCUT2D eigenvalue weighted by atomic mass is 9.98. The summed E-state index contributed by atoms with van der Waals surface area (Å²) in [6.45, 7) is 0. The van der Waals surface area contributed by atoms with E-state index in [1.54, 1.807) is 6.07 Å². The fourth-order valence-electron chi connectivity index (χ4n) is 2.74. The van der Waals surface area contributed by atoms with Crippen molar-refractivity contribution in [2.75, 3.05) is 5.73 Å². The number of tetrazole rings is 1. The fourth-order valence-corrected chi connectivity index (χ4v) is 4.87. The molecule has 2 heterocycles. The lowest BCUT2D eigenvalue weighted by Gasteiger charge is -2.13. The van der Waals surface area contributed by atoms with Crippen LogP contribution in [0.3, 0.4) is 0 Å². The topological polar surface area (TPSA) is 154 Å². The number of anilines is 1. The van der Waals surface area contributed by atoms with Gasteiger partial charge >= 0.3 is 0 Å². The number of nitrogens with zero attached hydrogens (tertiary/aromatic N) is 4. The Morgan fingerprint density at radius 2 is 2.00 bits per heavy atom. The number of thiol groups is 1. The molecule has 0 fully saturated rings. The van der Waals surface area contributed by atoms with Gasteiger partial charge in [-0.25, -0.2) is 18.5 Å². The Kier molecular flexibility index (Phi) is 4.32. The first-order valence-corrected chi connectivity index (χ1v) is 10.0. The van der Waals surface area contributed by atoms with E-state index in [-0.39, 0.29) is 4.90 Å². The average Bonchev–Trinajstić information content (AvgIpc) is 3.28. The van der Waals surface area contributed by atoms with Crippen molar-refractivity contribution in [3.63, 3.8) is 0 Å². The van der Waals surface area contributed by atoms with E-state index < -0.39 is 10.7 Å². The number of rotatable bonds is 4. The molecule has 4 rings (SSSR count). The standard InChI is InChI=1S/C14H11N7O2S3/c15-14-17-11-7(2-1-3-8(11)24-14)6-4-5-9(26(22)23)12(25-16)10(6)13-18-20-21-19-13/h1-5,26H,16H2,(H2,15,17)(H,18,19,20,21). The number of nitrogen functional groups attached to an aromatic ring is 1. The second-order valence-corrected chi connectivity index (χ2v) is 7.87. The summed E-state index contributed by atoms with van der Waals surface area (Å²) in [5.41, 5.74) is 8.56. The second kappa shape index (κ2) is 6.64. The number of H-pyrrole nitrogens is 1. The van der Waals surface area contributed by atoms with Crippen molar-refractivity contribution in [3.05, 3.63) is 30.3 Å². The summed E-state index contributed by atoms with van der Waals surface area (Å²) in [5, 5.41) is 20.0. The molecule has 4 aromatic rings. The average molecular weight is 405 g/mol. The summed E-state index contributed by atoms with van der Waals surface area (Å²) in [7, 11) is -2.84. The van der Waals surface area contributed by atoms with E-state index in [0.717, 1.165) is 27.7 Å². The zero-order valence-corrected chi connectivity index (χ0v) is 15.4. The number of benzene rings is 2. The monoisotopic (exact) mass is 405 g/mol. The summed E-state index contributed by atoms with van der Waals surface area (Å²) in [4.78, 5) is 4.86. The molecule has 0 saturated heterocycles. The summed E-state index contributed by atoms with van der Waals surface area (Å²) in [5.74, 6) is 0.312. The molecule has 12 heteroatoms. The van der Waals surface area contributed by atoms with Gasteiger partial charge in [0.25, 0.3) is 0 Å². The molecule has 0 spiro atoms. The Bertz CT molecular complexity index is 1180. The zero-order chi connectivity index (χ0) is 18.3. The number of para-hydroxylation sites is 1. The van der Waals surface area contributed by atoms with Crippen molar-refractivity contribution >= 4 is 49.3 Å². The fraction of sp³-hybridized carbons (Fsp3) is 0. The molecule has 0 bridgehead atoms. The summed E-state index contributed by atoms with van der Waals surface area (Å²) in [6, 6.07) is 8.89. The third-order valence-corrected chi connectivity index (χ3v) is 6.19. The van der Waals surface area contributed by atoms with Crippen LogP contribution in [0.1, 0.15) is 0 Å². The zero-order valence-electron chi connectivity index (χ0n) is 12.9. The summed E-state index contributed by atoms with van der Waals surface area (Å²) in [6.07, 6.45) is 0. The first-order chi connectivity index (χ1) is 12.6. The molecule has 5 N–H and O–H groups in total. The smallest absolute Gasteiger partial charge is 0.181 e. The predicted octanol–water partition coefficient (Wildman–Crippen LogP) is 1.66. The van der Waals surface area contributed by atoms with Crippen molar-refractivity contribution in [1.82, 2.24) is 25.6 Å². The largest absolute Gasteiger partial charge is 0.375 e. The molecular weight excluding hydrogens is 394 g/mol. The number of fused-ring (bicyclic) bond motifs is 1. The number of thiazole rings is 1. The molecule has 9 nitrogen and oxygen atoms in total. The molecule has 0 aliphatic rings. The molecule has 0 aliphatic heterocycles. The van der Waals surface area contributed by atoms with Crippen LogP contribution < -0.4 is 10.9 Å². The van der Waals surface area contributed by atoms with Gasteiger partial charge in [0.15, 0.2) is 21.7 Å².